The largest absolute Gasteiger partial charge is 0.354 e. The van der Waals surface area contributed by atoms with Crippen LogP contribution in [0.2, 0.25) is 0 Å². The predicted molar refractivity (Wildman–Crippen MR) is 107 cm³/mol. The van der Waals surface area contributed by atoms with E-state index in [2.05, 4.69) is 26.1 Å². The molecule has 1 aliphatic heterocycles. The Morgan fingerprint density at radius 3 is 2.22 bits per heavy atom. The molecule has 1 atom stereocenters. The van der Waals surface area contributed by atoms with Gasteiger partial charge in [-0.05, 0) is 49.4 Å². The molecule has 154 valence electrons. The first-order valence-electron chi connectivity index (χ1n) is 10.7. The first-order valence-corrected chi connectivity index (χ1v) is 10.7. The fourth-order valence-electron chi connectivity index (χ4n) is 4.84. The van der Waals surface area contributed by atoms with E-state index in [1.54, 1.807) is 0 Å². The molecule has 0 spiro atoms. The van der Waals surface area contributed by atoms with Crippen LogP contribution in [0.5, 0.6) is 0 Å². The average Bonchev–Trinajstić information content (AvgIpc) is 2.86. The Morgan fingerprint density at radius 1 is 1.19 bits per heavy atom. The number of carbonyl (C=O) groups excluding carboxylic acids is 3. The van der Waals surface area contributed by atoms with Crippen LogP contribution in [0.25, 0.3) is 0 Å². The van der Waals surface area contributed by atoms with Gasteiger partial charge in [0.1, 0.15) is 0 Å². The number of hydrogen-bond acceptors (Lipinski definition) is 3. The van der Waals surface area contributed by atoms with Crippen molar-refractivity contribution in [3.63, 3.8) is 0 Å². The first-order chi connectivity index (χ1) is 12.5. The summed E-state index contributed by atoms with van der Waals surface area (Å²) in [6.07, 6.45) is 5.03. The van der Waals surface area contributed by atoms with Gasteiger partial charge in [-0.1, -0.05) is 41.5 Å². The number of rotatable bonds is 6. The molecule has 5 nitrogen and oxygen atoms in total. The van der Waals surface area contributed by atoms with Gasteiger partial charge in [0, 0.05) is 25.4 Å². The highest BCUT2D eigenvalue weighted by Gasteiger charge is 2.51. The Bertz CT molecular complexity index is 571. The first kappa shape index (κ1) is 21.9. The van der Waals surface area contributed by atoms with Crippen molar-refractivity contribution in [2.45, 2.75) is 80.1 Å². The lowest BCUT2D eigenvalue weighted by Crippen LogP contribution is -2.43. The number of likely N-dealkylation sites (tertiary alicyclic amines) is 1. The van der Waals surface area contributed by atoms with Crippen molar-refractivity contribution in [1.29, 1.82) is 0 Å². The lowest BCUT2D eigenvalue weighted by Gasteiger charge is -2.36. The second-order valence-electron chi connectivity index (χ2n) is 9.90. The van der Waals surface area contributed by atoms with E-state index in [1.165, 1.54) is 4.90 Å². The molecule has 0 aromatic rings. The molecule has 5 heteroatoms. The maximum Gasteiger partial charge on any atom is 0.236 e. The third-order valence-electron chi connectivity index (χ3n) is 7.13. The molecule has 0 bridgehead atoms. The molecule has 1 unspecified atom stereocenters. The SMILES string of the molecule is CCC1(C(C)C)CC(=O)N(CCNC(=O)C2CCC(C(C)(C)C)CC2)C1=O. The van der Waals surface area contributed by atoms with Gasteiger partial charge >= 0.3 is 0 Å². The number of carbonyl (C=O) groups is 3. The predicted octanol–water partition coefficient (Wildman–Crippen LogP) is 3.77. The quantitative estimate of drug-likeness (QED) is 0.716. The molecule has 1 N–H and O–H groups in total. The van der Waals surface area contributed by atoms with Gasteiger partial charge in [-0.25, -0.2) is 0 Å². The summed E-state index contributed by atoms with van der Waals surface area (Å²) < 4.78 is 0. The van der Waals surface area contributed by atoms with Gasteiger partial charge in [-0.2, -0.15) is 0 Å². The highest BCUT2D eigenvalue weighted by Crippen LogP contribution is 2.42. The zero-order valence-corrected chi connectivity index (χ0v) is 18.1. The van der Waals surface area contributed by atoms with Crippen LogP contribution in [0.4, 0.5) is 0 Å². The summed E-state index contributed by atoms with van der Waals surface area (Å²) in [5.74, 6) is 0.794. The third kappa shape index (κ3) is 4.55. The average molecular weight is 379 g/mol. The molecular weight excluding hydrogens is 340 g/mol. The topological polar surface area (TPSA) is 66.5 Å². The summed E-state index contributed by atoms with van der Waals surface area (Å²) in [4.78, 5) is 39.0. The second kappa shape index (κ2) is 8.32. The normalized spacial score (nSPS) is 29.5. The summed E-state index contributed by atoms with van der Waals surface area (Å²) in [5, 5.41) is 2.96. The Labute approximate surface area is 164 Å². The smallest absolute Gasteiger partial charge is 0.236 e. The van der Waals surface area contributed by atoms with E-state index >= 15 is 0 Å². The molecule has 27 heavy (non-hydrogen) atoms. The molecule has 3 amide bonds. The molecule has 0 radical (unpaired) electrons. The van der Waals surface area contributed by atoms with Crippen LogP contribution in [-0.2, 0) is 14.4 Å². The number of hydrogen-bond donors (Lipinski definition) is 1. The molecule has 1 heterocycles. The van der Waals surface area contributed by atoms with Crippen LogP contribution in [0.3, 0.4) is 0 Å². The zero-order chi connectivity index (χ0) is 20.4. The molecule has 2 rings (SSSR count). The summed E-state index contributed by atoms with van der Waals surface area (Å²) in [6, 6.07) is 0. The standard InChI is InChI=1S/C22H38N2O3/c1-7-22(15(2)3)14-18(25)24(20(22)27)13-12-23-19(26)16-8-10-17(11-9-16)21(4,5)6/h15-17H,7-14H2,1-6H3,(H,23,26). The van der Waals surface area contributed by atoms with Crippen molar-refractivity contribution in [3.8, 4) is 0 Å². The summed E-state index contributed by atoms with van der Waals surface area (Å²) in [6.45, 7) is 13.5. The Kier molecular flexibility index (Phi) is 6.75. The maximum absolute atomic E-state index is 12.8. The van der Waals surface area contributed by atoms with Crippen LogP contribution < -0.4 is 5.32 Å². The Balaban J connectivity index is 1.82. The maximum atomic E-state index is 12.8. The van der Waals surface area contributed by atoms with Crippen molar-refractivity contribution in [1.82, 2.24) is 10.2 Å². The molecule has 2 aliphatic rings. The highest BCUT2D eigenvalue weighted by molar-refractivity contribution is 6.06. The summed E-state index contributed by atoms with van der Waals surface area (Å²) in [5.41, 5.74) is -0.257. The van der Waals surface area contributed by atoms with Gasteiger partial charge in [0.05, 0.1) is 5.41 Å². The van der Waals surface area contributed by atoms with E-state index in [0.29, 0.717) is 30.7 Å². The fourth-order valence-corrected chi connectivity index (χ4v) is 4.84. The third-order valence-corrected chi connectivity index (χ3v) is 7.13. The lowest BCUT2D eigenvalue weighted by molar-refractivity contribution is -0.143. The van der Waals surface area contributed by atoms with E-state index in [1.807, 2.05) is 20.8 Å². The second-order valence-corrected chi connectivity index (χ2v) is 9.90. The molecule has 1 aliphatic carbocycles. The molecular formula is C22H38N2O3. The van der Waals surface area contributed by atoms with Crippen molar-refractivity contribution >= 4 is 17.7 Å². The van der Waals surface area contributed by atoms with Crippen molar-refractivity contribution in [3.05, 3.63) is 0 Å². The number of imide groups is 1. The lowest BCUT2D eigenvalue weighted by atomic mass is 9.70. The molecule has 0 aromatic heterocycles. The van der Waals surface area contributed by atoms with E-state index < -0.39 is 5.41 Å². The highest BCUT2D eigenvalue weighted by atomic mass is 16.2. The minimum absolute atomic E-state index is 0.0649. The molecule has 1 saturated carbocycles. The Hall–Kier alpha value is -1.39. The monoisotopic (exact) mass is 378 g/mol. The van der Waals surface area contributed by atoms with Crippen molar-refractivity contribution in [2.24, 2.45) is 28.6 Å². The molecule has 2 fully saturated rings. The zero-order valence-electron chi connectivity index (χ0n) is 18.1. The molecule has 0 aromatic carbocycles. The van der Waals surface area contributed by atoms with Gasteiger partial charge in [0.15, 0.2) is 0 Å². The summed E-state index contributed by atoms with van der Waals surface area (Å²) in [7, 11) is 0. The van der Waals surface area contributed by atoms with E-state index in [0.717, 1.165) is 25.7 Å². The van der Waals surface area contributed by atoms with Crippen LogP contribution in [0.1, 0.15) is 80.1 Å². The number of amides is 3. The van der Waals surface area contributed by atoms with E-state index in [-0.39, 0.29) is 36.1 Å². The number of nitrogens with one attached hydrogen (secondary N) is 1. The summed E-state index contributed by atoms with van der Waals surface area (Å²) >= 11 is 0. The van der Waals surface area contributed by atoms with E-state index in [4.69, 9.17) is 0 Å². The molecule has 1 saturated heterocycles. The minimum atomic E-state index is -0.563. The van der Waals surface area contributed by atoms with Gasteiger partial charge in [0.25, 0.3) is 0 Å². The van der Waals surface area contributed by atoms with Gasteiger partial charge in [-0.3, -0.25) is 19.3 Å². The van der Waals surface area contributed by atoms with Crippen LogP contribution >= 0.6 is 0 Å². The Morgan fingerprint density at radius 2 is 1.78 bits per heavy atom. The fraction of sp³-hybridized carbons (Fsp3) is 0.864. The van der Waals surface area contributed by atoms with Crippen molar-refractivity contribution in [2.75, 3.05) is 13.1 Å². The van der Waals surface area contributed by atoms with Crippen molar-refractivity contribution < 1.29 is 14.4 Å². The van der Waals surface area contributed by atoms with Gasteiger partial charge in [0.2, 0.25) is 17.7 Å². The van der Waals surface area contributed by atoms with Gasteiger partial charge < -0.3 is 5.32 Å². The van der Waals surface area contributed by atoms with E-state index in [9.17, 15) is 14.4 Å². The van der Waals surface area contributed by atoms with Crippen LogP contribution in [0, 0.1) is 28.6 Å². The number of nitrogens with zero attached hydrogens (tertiary/aromatic N) is 1. The van der Waals surface area contributed by atoms with Gasteiger partial charge in [-0.15, -0.1) is 0 Å². The van der Waals surface area contributed by atoms with Crippen LogP contribution in [0.15, 0.2) is 0 Å². The minimum Gasteiger partial charge on any atom is -0.354 e. The van der Waals surface area contributed by atoms with Crippen LogP contribution in [-0.4, -0.2) is 35.7 Å².